The maximum absolute atomic E-state index is 6.47. The van der Waals surface area contributed by atoms with Crippen LogP contribution in [-0.2, 0) is 6.42 Å². The summed E-state index contributed by atoms with van der Waals surface area (Å²) in [4.78, 5) is 0. The molecule has 3 aromatic rings. The van der Waals surface area contributed by atoms with Gasteiger partial charge in [-0.1, -0.05) is 72.8 Å². The molecule has 1 atom stereocenters. The Hall–Kier alpha value is -2.12. The van der Waals surface area contributed by atoms with E-state index in [9.17, 15) is 0 Å². The van der Waals surface area contributed by atoms with Crippen LogP contribution in [0.25, 0.3) is 10.8 Å². The second kappa shape index (κ2) is 5.71. The standard InChI is InChI=1S/C20H20N/c1-20(21,14-16-7-3-2-4-8-16)15-17-11-12-18-9-5-6-10-19(18)13-17/h2-13,15H,14,21H2,1H3. The van der Waals surface area contributed by atoms with Gasteiger partial charge in [-0.15, -0.1) is 0 Å². The van der Waals surface area contributed by atoms with Crippen molar-refractivity contribution in [2.75, 3.05) is 0 Å². The molecule has 0 spiro atoms. The fraction of sp³-hybridized carbons (Fsp3) is 0.150. The molecule has 0 aliphatic heterocycles. The first-order valence-corrected chi connectivity index (χ1v) is 7.30. The van der Waals surface area contributed by atoms with E-state index in [4.69, 9.17) is 5.73 Å². The van der Waals surface area contributed by atoms with E-state index in [1.165, 1.54) is 21.9 Å². The molecule has 0 amide bonds. The Morgan fingerprint density at radius 1 is 0.857 bits per heavy atom. The molecule has 105 valence electrons. The Morgan fingerprint density at radius 3 is 2.29 bits per heavy atom. The molecule has 2 N–H and O–H groups in total. The average molecular weight is 274 g/mol. The highest BCUT2D eigenvalue weighted by molar-refractivity contribution is 5.83. The highest BCUT2D eigenvalue weighted by Crippen LogP contribution is 2.22. The maximum atomic E-state index is 6.47. The molecule has 3 aromatic carbocycles. The van der Waals surface area contributed by atoms with Gasteiger partial charge in [-0.2, -0.15) is 0 Å². The van der Waals surface area contributed by atoms with Crippen LogP contribution in [0.2, 0.25) is 0 Å². The van der Waals surface area contributed by atoms with Gasteiger partial charge >= 0.3 is 0 Å². The van der Waals surface area contributed by atoms with Gasteiger partial charge in [0.15, 0.2) is 0 Å². The fourth-order valence-electron chi connectivity index (χ4n) is 2.77. The van der Waals surface area contributed by atoms with Gasteiger partial charge in [0.2, 0.25) is 0 Å². The zero-order valence-electron chi connectivity index (χ0n) is 12.3. The van der Waals surface area contributed by atoms with E-state index in [1.54, 1.807) is 0 Å². The van der Waals surface area contributed by atoms with E-state index < -0.39 is 0 Å². The van der Waals surface area contributed by atoms with E-state index in [0.29, 0.717) is 0 Å². The number of fused-ring (bicyclic) bond motifs is 1. The molecule has 0 aromatic heterocycles. The third kappa shape index (κ3) is 3.50. The van der Waals surface area contributed by atoms with Gasteiger partial charge in [-0.05, 0) is 35.2 Å². The fourth-order valence-corrected chi connectivity index (χ4v) is 2.77. The van der Waals surface area contributed by atoms with Crippen LogP contribution in [0.5, 0.6) is 0 Å². The van der Waals surface area contributed by atoms with Crippen molar-refractivity contribution >= 4 is 10.8 Å². The highest BCUT2D eigenvalue weighted by Gasteiger charge is 2.20. The zero-order chi connectivity index (χ0) is 14.7. The molecule has 3 rings (SSSR count). The summed E-state index contributed by atoms with van der Waals surface area (Å²) >= 11 is 0. The van der Waals surface area contributed by atoms with E-state index >= 15 is 0 Å². The second-order valence-electron chi connectivity index (χ2n) is 5.92. The summed E-state index contributed by atoms with van der Waals surface area (Å²) in [6.07, 6.45) is 2.99. The molecule has 1 unspecified atom stereocenters. The molecule has 0 saturated heterocycles. The number of benzene rings is 3. The second-order valence-corrected chi connectivity index (χ2v) is 5.92. The third-order valence-corrected chi connectivity index (χ3v) is 3.70. The van der Waals surface area contributed by atoms with Gasteiger partial charge < -0.3 is 5.73 Å². The maximum Gasteiger partial charge on any atom is 0.0242 e. The summed E-state index contributed by atoms with van der Waals surface area (Å²) in [7, 11) is 0. The molecule has 0 aliphatic carbocycles. The van der Waals surface area contributed by atoms with Crippen molar-refractivity contribution in [2.24, 2.45) is 5.73 Å². The van der Waals surface area contributed by atoms with E-state index in [1.807, 2.05) is 6.07 Å². The lowest BCUT2D eigenvalue weighted by Gasteiger charge is -2.24. The first kappa shape index (κ1) is 13.8. The van der Waals surface area contributed by atoms with Gasteiger partial charge in [-0.25, -0.2) is 0 Å². The van der Waals surface area contributed by atoms with Gasteiger partial charge in [0.1, 0.15) is 0 Å². The molecule has 0 bridgehead atoms. The first-order chi connectivity index (χ1) is 10.1. The van der Waals surface area contributed by atoms with E-state index in [-0.39, 0.29) is 5.54 Å². The predicted octanol–water partition coefficient (Wildman–Crippen LogP) is 4.35. The Bertz CT molecular complexity index is 729. The van der Waals surface area contributed by atoms with E-state index in [2.05, 4.69) is 80.1 Å². The van der Waals surface area contributed by atoms with Crippen LogP contribution in [0.4, 0.5) is 0 Å². The smallest absolute Gasteiger partial charge is 0.0242 e. The monoisotopic (exact) mass is 274 g/mol. The molecule has 1 radical (unpaired) electrons. The van der Waals surface area contributed by atoms with Crippen LogP contribution < -0.4 is 5.73 Å². The third-order valence-electron chi connectivity index (χ3n) is 3.70. The summed E-state index contributed by atoms with van der Waals surface area (Å²) in [5.74, 6) is 0. The molecule has 1 nitrogen and oxygen atoms in total. The van der Waals surface area contributed by atoms with Crippen LogP contribution >= 0.6 is 0 Å². The molecule has 0 saturated carbocycles. The molecule has 0 aliphatic rings. The van der Waals surface area contributed by atoms with Crippen molar-refractivity contribution in [3.05, 3.63) is 90.3 Å². The van der Waals surface area contributed by atoms with Crippen LogP contribution in [0.3, 0.4) is 0 Å². The Balaban J connectivity index is 1.80. The van der Waals surface area contributed by atoms with Crippen LogP contribution in [0.15, 0.2) is 72.8 Å². The highest BCUT2D eigenvalue weighted by atomic mass is 14.7. The van der Waals surface area contributed by atoms with Crippen molar-refractivity contribution in [3.8, 4) is 0 Å². The minimum absolute atomic E-state index is 0.357. The molecular weight excluding hydrogens is 254 g/mol. The quantitative estimate of drug-likeness (QED) is 0.752. The topological polar surface area (TPSA) is 26.0 Å². The lowest BCUT2D eigenvalue weighted by atomic mass is 9.87. The number of rotatable bonds is 4. The Morgan fingerprint density at radius 2 is 1.52 bits per heavy atom. The molecule has 0 heterocycles. The minimum atomic E-state index is -0.357. The largest absolute Gasteiger partial charge is 0.324 e. The zero-order valence-corrected chi connectivity index (χ0v) is 12.3. The van der Waals surface area contributed by atoms with Crippen molar-refractivity contribution in [1.82, 2.24) is 0 Å². The summed E-state index contributed by atoms with van der Waals surface area (Å²) in [6.45, 7) is 2.08. The Kier molecular flexibility index (Phi) is 3.76. The van der Waals surface area contributed by atoms with Gasteiger partial charge in [0, 0.05) is 12.0 Å². The Labute approximate surface area is 126 Å². The normalized spacial score (nSPS) is 14.0. The first-order valence-electron chi connectivity index (χ1n) is 7.30. The summed E-state index contributed by atoms with van der Waals surface area (Å²) in [5.41, 5.74) is 8.55. The van der Waals surface area contributed by atoms with Crippen molar-refractivity contribution in [1.29, 1.82) is 0 Å². The molecular formula is C20H20N. The van der Waals surface area contributed by atoms with Crippen molar-refractivity contribution < 1.29 is 0 Å². The lowest BCUT2D eigenvalue weighted by molar-refractivity contribution is 0.548. The van der Waals surface area contributed by atoms with Gasteiger partial charge in [0.05, 0.1) is 0 Å². The van der Waals surface area contributed by atoms with Crippen molar-refractivity contribution in [3.63, 3.8) is 0 Å². The van der Waals surface area contributed by atoms with Crippen LogP contribution in [0.1, 0.15) is 18.1 Å². The van der Waals surface area contributed by atoms with Gasteiger partial charge in [-0.3, -0.25) is 0 Å². The van der Waals surface area contributed by atoms with E-state index in [0.717, 1.165) is 6.42 Å². The molecule has 21 heavy (non-hydrogen) atoms. The average Bonchev–Trinajstić information content (AvgIpc) is 2.47. The summed E-state index contributed by atoms with van der Waals surface area (Å²) in [5, 5.41) is 2.51. The SMILES string of the molecule is CC(N)([CH]c1ccc2ccccc2c1)Cc1ccccc1. The van der Waals surface area contributed by atoms with Gasteiger partial charge in [0.25, 0.3) is 0 Å². The number of nitrogens with two attached hydrogens (primary N) is 1. The predicted molar refractivity (Wildman–Crippen MR) is 90.1 cm³/mol. The summed E-state index contributed by atoms with van der Waals surface area (Å²) < 4.78 is 0. The summed E-state index contributed by atoms with van der Waals surface area (Å²) in [6, 6.07) is 25.3. The number of hydrogen-bond donors (Lipinski definition) is 1. The van der Waals surface area contributed by atoms with Crippen LogP contribution in [-0.4, -0.2) is 5.54 Å². The number of hydrogen-bond acceptors (Lipinski definition) is 1. The molecule has 0 fully saturated rings. The van der Waals surface area contributed by atoms with Crippen LogP contribution in [0, 0.1) is 6.42 Å². The van der Waals surface area contributed by atoms with Crippen molar-refractivity contribution in [2.45, 2.75) is 18.9 Å². The molecule has 1 heteroatoms. The minimum Gasteiger partial charge on any atom is -0.324 e. The lowest BCUT2D eigenvalue weighted by Crippen LogP contribution is -2.39.